The zero-order valence-electron chi connectivity index (χ0n) is 13.9. The van der Waals surface area contributed by atoms with Crippen LogP contribution in [0.15, 0.2) is 36.4 Å². The van der Waals surface area contributed by atoms with Gasteiger partial charge in [0.25, 0.3) is 5.91 Å². The van der Waals surface area contributed by atoms with Crippen LogP contribution >= 0.6 is 0 Å². The fourth-order valence-corrected chi connectivity index (χ4v) is 3.40. The molecule has 1 aliphatic heterocycles. The molecule has 1 aliphatic carbocycles. The van der Waals surface area contributed by atoms with Crippen molar-refractivity contribution < 1.29 is 19.5 Å². The van der Waals surface area contributed by atoms with Crippen LogP contribution in [0.2, 0.25) is 0 Å². The second kappa shape index (κ2) is 7.51. The summed E-state index contributed by atoms with van der Waals surface area (Å²) in [7, 11) is 0. The number of carbonyl (C=O) groups is 3. The van der Waals surface area contributed by atoms with Crippen molar-refractivity contribution in [3.05, 3.63) is 42.0 Å². The molecule has 0 unspecified atom stereocenters. The van der Waals surface area contributed by atoms with E-state index >= 15 is 0 Å². The Kier molecular flexibility index (Phi) is 5.16. The van der Waals surface area contributed by atoms with E-state index in [1.807, 2.05) is 11.0 Å². The average molecular weight is 341 g/mol. The maximum atomic E-state index is 12.4. The zero-order valence-corrected chi connectivity index (χ0v) is 13.9. The molecule has 2 atom stereocenters. The SMILES string of the molecule is O=C(Nc1ccc(C(=O)N2CCCC2)cc1)[C@H]1CC=CC[C@H]1C(=O)[O-]. The Bertz CT molecular complexity index is 690. The largest absolute Gasteiger partial charge is 0.550 e. The normalized spacial score (nSPS) is 22.6. The number of carboxylic acid groups (broad SMARTS) is 1. The van der Waals surface area contributed by atoms with Gasteiger partial charge in [-0.3, -0.25) is 9.59 Å². The topological polar surface area (TPSA) is 89.5 Å². The van der Waals surface area contributed by atoms with Crippen molar-refractivity contribution in [1.29, 1.82) is 0 Å². The van der Waals surface area contributed by atoms with Gasteiger partial charge in [0.15, 0.2) is 0 Å². The van der Waals surface area contributed by atoms with Crippen LogP contribution in [0, 0.1) is 11.8 Å². The zero-order chi connectivity index (χ0) is 17.8. The molecule has 3 rings (SSSR count). The van der Waals surface area contributed by atoms with Gasteiger partial charge in [-0.2, -0.15) is 0 Å². The number of rotatable bonds is 4. The highest BCUT2D eigenvalue weighted by molar-refractivity contribution is 5.97. The molecule has 1 aromatic rings. The van der Waals surface area contributed by atoms with Crippen LogP contribution in [0.3, 0.4) is 0 Å². The van der Waals surface area contributed by atoms with Crippen LogP contribution in [0.4, 0.5) is 5.69 Å². The van der Waals surface area contributed by atoms with Gasteiger partial charge in [-0.05, 0) is 49.9 Å². The number of aliphatic carboxylic acids is 1. The Balaban J connectivity index is 1.64. The number of carbonyl (C=O) groups excluding carboxylic acids is 3. The molecule has 0 aromatic heterocycles. The van der Waals surface area contributed by atoms with Gasteiger partial charge >= 0.3 is 0 Å². The molecule has 1 N–H and O–H groups in total. The second-order valence-corrected chi connectivity index (χ2v) is 6.54. The predicted octanol–water partition coefficient (Wildman–Crippen LogP) is 1.19. The molecule has 2 aliphatic rings. The molecule has 1 saturated heterocycles. The number of carboxylic acids is 1. The van der Waals surface area contributed by atoms with Gasteiger partial charge in [0.2, 0.25) is 5.91 Å². The lowest BCUT2D eigenvalue weighted by Crippen LogP contribution is -2.41. The minimum absolute atomic E-state index is 0.00445. The lowest BCUT2D eigenvalue weighted by molar-refractivity contribution is -0.313. The average Bonchev–Trinajstić information content (AvgIpc) is 3.16. The number of nitrogens with zero attached hydrogens (tertiary/aromatic N) is 1. The molecule has 1 heterocycles. The van der Waals surface area contributed by atoms with Crippen molar-refractivity contribution in [2.24, 2.45) is 11.8 Å². The summed E-state index contributed by atoms with van der Waals surface area (Å²) < 4.78 is 0. The molecule has 0 spiro atoms. The van der Waals surface area contributed by atoms with Gasteiger partial charge in [-0.25, -0.2) is 0 Å². The van der Waals surface area contributed by atoms with E-state index in [-0.39, 0.29) is 11.8 Å². The predicted molar refractivity (Wildman–Crippen MR) is 90.6 cm³/mol. The van der Waals surface area contributed by atoms with Gasteiger partial charge in [0.1, 0.15) is 0 Å². The highest BCUT2D eigenvalue weighted by Gasteiger charge is 2.29. The van der Waals surface area contributed by atoms with Crippen LogP contribution in [-0.4, -0.2) is 35.8 Å². The van der Waals surface area contributed by atoms with Gasteiger partial charge < -0.3 is 20.1 Å². The first-order valence-electron chi connectivity index (χ1n) is 8.62. The molecule has 132 valence electrons. The number of hydrogen-bond donors (Lipinski definition) is 1. The van der Waals surface area contributed by atoms with E-state index in [1.54, 1.807) is 30.3 Å². The van der Waals surface area contributed by atoms with E-state index in [0.29, 0.717) is 24.1 Å². The van der Waals surface area contributed by atoms with E-state index in [9.17, 15) is 19.5 Å². The Labute approximate surface area is 146 Å². The van der Waals surface area contributed by atoms with Crippen LogP contribution < -0.4 is 10.4 Å². The van der Waals surface area contributed by atoms with E-state index in [4.69, 9.17) is 0 Å². The van der Waals surface area contributed by atoms with Gasteiger partial charge in [0, 0.05) is 36.2 Å². The van der Waals surface area contributed by atoms with Crippen molar-refractivity contribution in [3.8, 4) is 0 Å². The van der Waals surface area contributed by atoms with E-state index in [1.165, 1.54) is 0 Å². The Morgan fingerprint density at radius 2 is 1.56 bits per heavy atom. The lowest BCUT2D eigenvalue weighted by Gasteiger charge is -2.28. The molecule has 6 heteroatoms. The summed E-state index contributed by atoms with van der Waals surface area (Å²) in [6, 6.07) is 6.72. The third kappa shape index (κ3) is 3.90. The quantitative estimate of drug-likeness (QED) is 0.833. The number of likely N-dealkylation sites (tertiary alicyclic amines) is 1. The van der Waals surface area contributed by atoms with Crippen LogP contribution in [0.1, 0.15) is 36.0 Å². The second-order valence-electron chi connectivity index (χ2n) is 6.54. The highest BCUT2D eigenvalue weighted by atomic mass is 16.4. The maximum Gasteiger partial charge on any atom is 0.253 e. The standard InChI is InChI=1S/C19H22N2O4/c22-17(15-5-1-2-6-16(15)19(24)25)20-14-9-7-13(8-10-14)18(23)21-11-3-4-12-21/h1-2,7-10,15-16H,3-6,11-12H2,(H,20,22)(H,24,25)/p-1/t15-,16+/m0/s1. The Hall–Kier alpha value is -2.63. The third-order valence-corrected chi connectivity index (χ3v) is 4.86. The van der Waals surface area contributed by atoms with Crippen molar-refractivity contribution in [2.45, 2.75) is 25.7 Å². The summed E-state index contributed by atoms with van der Waals surface area (Å²) >= 11 is 0. The van der Waals surface area contributed by atoms with E-state index in [2.05, 4.69) is 5.32 Å². The summed E-state index contributed by atoms with van der Waals surface area (Å²) in [5.74, 6) is -2.97. The minimum Gasteiger partial charge on any atom is -0.550 e. The number of allylic oxidation sites excluding steroid dienone is 2. The van der Waals surface area contributed by atoms with Crippen LogP contribution in [0.25, 0.3) is 0 Å². The number of nitrogens with one attached hydrogen (secondary N) is 1. The number of amides is 2. The van der Waals surface area contributed by atoms with Crippen LogP contribution in [0.5, 0.6) is 0 Å². The molecule has 1 fully saturated rings. The molecule has 0 saturated carbocycles. The summed E-state index contributed by atoms with van der Waals surface area (Å²) in [5.41, 5.74) is 1.14. The van der Waals surface area contributed by atoms with Gasteiger partial charge in [0.05, 0.1) is 5.92 Å². The minimum atomic E-state index is -1.20. The van der Waals surface area contributed by atoms with Gasteiger partial charge in [-0.15, -0.1) is 0 Å². The van der Waals surface area contributed by atoms with Crippen molar-refractivity contribution in [1.82, 2.24) is 4.90 Å². The summed E-state index contributed by atoms with van der Waals surface area (Å²) in [6.45, 7) is 1.58. The van der Waals surface area contributed by atoms with Crippen molar-refractivity contribution >= 4 is 23.5 Å². The first-order chi connectivity index (χ1) is 12.1. The Morgan fingerprint density at radius 3 is 2.16 bits per heavy atom. The summed E-state index contributed by atoms with van der Waals surface area (Å²) in [5, 5.41) is 13.9. The lowest BCUT2D eigenvalue weighted by atomic mass is 9.82. The smallest absolute Gasteiger partial charge is 0.253 e. The van der Waals surface area contributed by atoms with Crippen molar-refractivity contribution in [3.63, 3.8) is 0 Å². The van der Waals surface area contributed by atoms with Crippen molar-refractivity contribution in [2.75, 3.05) is 18.4 Å². The Morgan fingerprint density at radius 1 is 0.960 bits per heavy atom. The number of hydrogen-bond acceptors (Lipinski definition) is 4. The molecule has 1 aromatic carbocycles. The molecule has 6 nitrogen and oxygen atoms in total. The molecule has 2 amide bonds. The fourth-order valence-electron chi connectivity index (χ4n) is 3.40. The fraction of sp³-hybridized carbons (Fsp3) is 0.421. The first kappa shape index (κ1) is 17.2. The summed E-state index contributed by atoms with van der Waals surface area (Å²) in [4.78, 5) is 37.7. The maximum absolute atomic E-state index is 12.4. The number of anilines is 1. The third-order valence-electron chi connectivity index (χ3n) is 4.86. The first-order valence-corrected chi connectivity index (χ1v) is 8.62. The molecule has 25 heavy (non-hydrogen) atoms. The summed E-state index contributed by atoms with van der Waals surface area (Å²) in [6.07, 6.45) is 6.36. The van der Waals surface area contributed by atoms with E-state index in [0.717, 1.165) is 25.9 Å². The van der Waals surface area contributed by atoms with Gasteiger partial charge in [-0.1, -0.05) is 12.2 Å². The molecule has 0 bridgehead atoms. The molecule has 0 radical (unpaired) electrons. The number of benzene rings is 1. The molecular formula is C19H21N2O4-. The van der Waals surface area contributed by atoms with E-state index < -0.39 is 17.8 Å². The van der Waals surface area contributed by atoms with Crippen LogP contribution in [-0.2, 0) is 9.59 Å². The molecular weight excluding hydrogens is 320 g/mol. The highest BCUT2D eigenvalue weighted by Crippen LogP contribution is 2.26. The monoisotopic (exact) mass is 341 g/mol.